The van der Waals surface area contributed by atoms with E-state index in [1.54, 1.807) is 4.90 Å². The predicted octanol–water partition coefficient (Wildman–Crippen LogP) is 1.93. The molecule has 1 aromatic rings. The number of carbonyl (C=O) groups excluding carboxylic acids is 3. The molecule has 0 saturated carbocycles. The van der Waals surface area contributed by atoms with Crippen LogP contribution in [0.2, 0.25) is 0 Å². The number of aryl methyl sites for hydroxylation is 1. The van der Waals surface area contributed by atoms with Gasteiger partial charge in [0.2, 0.25) is 5.91 Å². The summed E-state index contributed by atoms with van der Waals surface area (Å²) in [6, 6.07) is 6.81. The van der Waals surface area contributed by atoms with Crippen LogP contribution in [0.5, 0.6) is 0 Å². The summed E-state index contributed by atoms with van der Waals surface area (Å²) in [6.45, 7) is 4.42. The van der Waals surface area contributed by atoms with E-state index in [9.17, 15) is 14.4 Å². The normalized spacial score (nSPS) is 20.4. The standard InChI is InChI=1S/C18H23N3O3/c1-12(2)10-14-17(23)21(18(24)19-14)11-16(22)20-9-5-7-13-6-3-4-8-15(13)20/h3-4,6,8,12,14H,5,7,9-11H2,1-2H3,(H,19,24)/t14-/m1/s1. The number of nitrogens with zero attached hydrogens (tertiary/aromatic N) is 2. The summed E-state index contributed by atoms with van der Waals surface area (Å²) in [7, 11) is 0. The molecule has 6 nitrogen and oxygen atoms in total. The number of benzene rings is 1. The van der Waals surface area contributed by atoms with Gasteiger partial charge in [0, 0.05) is 12.2 Å². The van der Waals surface area contributed by atoms with Gasteiger partial charge in [-0.3, -0.25) is 14.5 Å². The molecule has 1 fully saturated rings. The van der Waals surface area contributed by atoms with E-state index in [4.69, 9.17) is 0 Å². The van der Waals surface area contributed by atoms with Gasteiger partial charge in [-0.05, 0) is 36.8 Å². The zero-order valence-electron chi connectivity index (χ0n) is 14.1. The Morgan fingerprint density at radius 2 is 2.04 bits per heavy atom. The van der Waals surface area contributed by atoms with E-state index < -0.39 is 12.1 Å². The smallest absolute Gasteiger partial charge is 0.325 e. The van der Waals surface area contributed by atoms with Crippen LogP contribution in [-0.2, 0) is 16.0 Å². The van der Waals surface area contributed by atoms with Crippen molar-refractivity contribution in [3.63, 3.8) is 0 Å². The van der Waals surface area contributed by atoms with Gasteiger partial charge in [-0.2, -0.15) is 0 Å². The highest BCUT2D eigenvalue weighted by molar-refractivity contribution is 6.08. The molecule has 0 bridgehead atoms. The van der Waals surface area contributed by atoms with E-state index in [1.807, 2.05) is 38.1 Å². The number of carbonyl (C=O) groups is 3. The van der Waals surface area contributed by atoms with E-state index in [1.165, 1.54) is 0 Å². The van der Waals surface area contributed by atoms with Crippen LogP contribution in [0, 0.1) is 5.92 Å². The molecule has 0 aliphatic carbocycles. The number of para-hydroxylation sites is 1. The highest BCUT2D eigenvalue weighted by Crippen LogP contribution is 2.27. The third-order valence-corrected chi connectivity index (χ3v) is 4.52. The second-order valence-corrected chi connectivity index (χ2v) is 6.83. The van der Waals surface area contributed by atoms with Crippen molar-refractivity contribution in [2.24, 2.45) is 5.92 Å². The van der Waals surface area contributed by atoms with E-state index in [0.29, 0.717) is 18.9 Å². The number of hydrogen-bond acceptors (Lipinski definition) is 3. The molecule has 0 radical (unpaired) electrons. The molecule has 1 aromatic carbocycles. The number of fused-ring (bicyclic) bond motifs is 1. The largest absolute Gasteiger partial charge is 0.326 e. The van der Waals surface area contributed by atoms with Crippen LogP contribution in [0.4, 0.5) is 10.5 Å². The molecule has 2 aliphatic rings. The summed E-state index contributed by atoms with van der Waals surface area (Å²) >= 11 is 0. The van der Waals surface area contributed by atoms with E-state index >= 15 is 0 Å². The second kappa shape index (κ2) is 6.63. The third kappa shape index (κ3) is 3.13. The van der Waals surface area contributed by atoms with Crippen LogP contribution in [0.15, 0.2) is 24.3 Å². The van der Waals surface area contributed by atoms with Gasteiger partial charge in [-0.15, -0.1) is 0 Å². The van der Waals surface area contributed by atoms with Gasteiger partial charge >= 0.3 is 6.03 Å². The molecule has 0 aromatic heterocycles. The average Bonchev–Trinajstić information content (AvgIpc) is 2.81. The first-order chi connectivity index (χ1) is 11.5. The van der Waals surface area contributed by atoms with Gasteiger partial charge in [0.05, 0.1) is 0 Å². The molecular formula is C18H23N3O3. The molecule has 1 N–H and O–H groups in total. The lowest BCUT2D eigenvalue weighted by atomic mass is 10.0. The Morgan fingerprint density at radius 1 is 1.29 bits per heavy atom. The highest BCUT2D eigenvalue weighted by Gasteiger charge is 2.40. The lowest BCUT2D eigenvalue weighted by molar-refractivity contribution is -0.131. The Hall–Kier alpha value is -2.37. The summed E-state index contributed by atoms with van der Waals surface area (Å²) in [5.41, 5.74) is 2.02. The summed E-state index contributed by atoms with van der Waals surface area (Å²) in [4.78, 5) is 39.9. The number of hydrogen-bond donors (Lipinski definition) is 1. The number of amides is 4. The number of anilines is 1. The second-order valence-electron chi connectivity index (χ2n) is 6.83. The van der Waals surface area contributed by atoms with E-state index in [-0.39, 0.29) is 18.4 Å². The Morgan fingerprint density at radius 3 is 2.79 bits per heavy atom. The van der Waals surface area contributed by atoms with Gasteiger partial charge in [-0.1, -0.05) is 32.0 Å². The number of rotatable bonds is 4. The topological polar surface area (TPSA) is 69.7 Å². The fourth-order valence-electron chi connectivity index (χ4n) is 3.37. The van der Waals surface area contributed by atoms with E-state index in [0.717, 1.165) is 29.0 Å². The molecular weight excluding hydrogens is 306 g/mol. The maximum atomic E-state index is 12.7. The van der Waals surface area contributed by atoms with Gasteiger partial charge in [0.15, 0.2) is 0 Å². The molecule has 0 spiro atoms. The SMILES string of the molecule is CC(C)C[C@H]1NC(=O)N(CC(=O)N2CCCc3ccccc32)C1=O. The first-order valence-electron chi connectivity index (χ1n) is 8.47. The molecule has 6 heteroatoms. The van der Waals surface area contributed by atoms with Crippen LogP contribution < -0.4 is 10.2 Å². The Balaban J connectivity index is 1.72. The van der Waals surface area contributed by atoms with Crippen LogP contribution in [0.25, 0.3) is 0 Å². The van der Waals surface area contributed by atoms with Crippen molar-refractivity contribution in [3.8, 4) is 0 Å². The predicted molar refractivity (Wildman–Crippen MR) is 90.6 cm³/mol. The molecule has 2 aliphatic heterocycles. The molecule has 2 heterocycles. The zero-order valence-corrected chi connectivity index (χ0v) is 14.1. The maximum absolute atomic E-state index is 12.7. The number of nitrogens with one attached hydrogen (secondary N) is 1. The molecule has 1 saturated heterocycles. The monoisotopic (exact) mass is 329 g/mol. The highest BCUT2D eigenvalue weighted by atomic mass is 16.2. The van der Waals surface area contributed by atoms with Gasteiger partial charge in [-0.25, -0.2) is 4.79 Å². The Bertz CT molecular complexity index is 671. The van der Waals surface area contributed by atoms with Crippen molar-refractivity contribution in [1.29, 1.82) is 0 Å². The molecule has 4 amide bonds. The van der Waals surface area contributed by atoms with Crippen LogP contribution in [0.1, 0.15) is 32.3 Å². The van der Waals surface area contributed by atoms with Crippen LogP contribution in [-0.4, -0.2) is 41.9 Å². The zero-order chi connectivity index (χ0) is 17.3. The third-order valence-electron chi connectivity index (χ3n) is 4.52. The van der Waals surface area contributed by atoms with E-state index in [2.05, 4.69) is 5.32 Å². The van der Waals surface area contributed by atoms with Crippen molar-refractivity contribution in [1.82, 2.24) is 10.2 Å². The minimum atomic E-state index is -0.515. The van der Waals surface area contributed by atoms with Crippen molar-refractivity contribution in [3.05, 3.63) is 29.8 Å². The molecule has 0 unspecified atom stereocenters. The minimum absolute atomic E-state index is 0.201. The summed E-state index contributed by atoms with van der Waals surface area (Å²) < 4.78 is 0. The Kier molecular flexibility index (Phi) is 4.55. The van der Waals surface area contributed by atoms with Crippen LogP contribution >= 0.6 is 0 Å². The molecule has 1 atom stereocenters. The van der Waals surface area contributed by atoms with Gasteiger partial charge in [0.1, 0.15) is 12.6 Å². The first kappa shape index (κ1) is 16.5. The summed E-state index contributed by atoms with van der Waals surface area (Å²) in [5, 5.41) is 2.68. The summed E-state index contributed by atoms with van der Waals surface area (Å²) in [5.74, 6) is -0.216. The fourth-order valence-corrected chi connectivity index (χ4v) is 3.37. The maximum Gasteiger partial charge on any atom is 0.325 e. The summed E-state index contributed by atoms with van der Waals surface area (Å²) in [6.07, 6.45) is 2.42. The minimum Gasteiger partial charge on any atom is -0.326 e. The van der Waals surface area contributed by atoms with Gasteiger partial charge < -0.3 is 10.2 Å². The lowest BCUT2D eigenvalue weighted by Crippen LogP contribution is -2.45. The lowest BCUT2D eigenvalue weighted by Gasteiger charge is -2.30. The fraction of sp³-hybridized carbons (Fsp3) is 0.500. The van der Waals surface area contributed by atoms with Gasteiger partial charge in [0.25, 0.3) is 5.91 Å². The molecule has 3 rings (SSSR count). The van der Waals surface area contributed by atoms with Crippen molar-refractivity contribution < 1.29 is 14.4 Å². The molecule has 128 valence electrons. The van der Waals surface area contributed by atoms with Crippen molar-refractivity contribution >= 4 is 23.5 Å². The average molecular weight is 329 g/mol. The molecule has 24 heavy (non-hydrogen) atoms. The first-order valence-corrected chi connectivity index (χ1v) is 8.47. The number of urea groups is 1. The quantitative estimate of drug-likeness (QED) is 0.858. The van der Waals surface area contributed by atoms with Crippen molar-refractivity contribution in [2.75, 3.05) is 18.0 Å². The van der Waals surface area contributed by atoms with Crippen molar-refractivity contribution in [2.45, 2.75) is 39.2 Å². The Labute approximate surface area is 141 Å². The van der Waals surface area contributed by atoms with Crippen LogP contribution in [0.3, 0.4) is 0 Å². The number of imide groups is 1.